The van der Waals surface area contributed by atoms with Crippen molar-refractivity contribution in [3.8, 4) is 0 Å². The molecule has 0 aromatic heterocycles. The molecule has 0 saturated carbocycles. The third kappa shape index (κ3) is 6.19. The Labute approximate surface area is 115 Å². The fraction of sp³-hybridized carbons (Fsp3) is 1.00. The lowest BCUT2D eigenvalue weighted by Gasteiger charge is -2.36. The standard InChI is InChI=1S/C16H34N2/c1-14(2)9-7-5-6-8-11-18-12-10-16(17-4)15(3)13-18/h14-17H,5-13H2,1-4H3. The second kappa shape index (κ2) is 8.92. The highest BCUT2D eigenvalue weighted by molar-refractivity contribution is 4.81. The molecule has 2 nitrogen and oxygen atoms in total. The first kappa shape index (κ1) is 16.0. The van der Waals surface area contributed by atoms with Crippen LogP contribution in [0.15, 0.2) is 0 Å². The highest BCUT2D eigenvalue weighted by Gasteiger charge is 2.23. The number of piperidine rings is 1. The maximum absolute atomic E-state index is 3.44. The first-order chi connectivity index (χ1) is 8.63. The summed E-state index contributed by atoms with van der Waals surface area (Å²) in [5.74, 6) is 1.69. The van der Waals surface area contributed by atoms with Crippen molar-refractivity contribution in [1.82, 2.24) is 10.2 Å². The van der Waals surface area contributed by atoms with Crippen LogP contribution in [0.4, 0.5) is 0 Å². The van der Waals surface area contributed by atoms with Gasteiger partial charge in [-0.3, -0.25) is 0 Å². The van der Waals surface area contributed by atoms with Gasteiger partial charge in [0.2, 0.25) is 0 Å². The number of nitrogens with one attached hydrogen (secondary N) is 1. The third-order valence-corrected chi connectivity index (χ3v) is 4.37. The molecule has 0 aromatic carbocycles. The maximum Gasteiger partial charge on any atom is 0.0114 e. The van der Waals surface area contributed by atoms with Crippen molar-refractivity contribution in [2.75, 3.05) is 26.7 Å². The lowest BCUT2D eigenvalue weighted by atomic mass is 9.94. The number of nitrogens with zero attached hydrogens (tertiary/aromatic N) is 1. The fourth-order valence-corrected chi connectivity index (χ4v) is 3.11. The summed E-state index contributed by atoms with van der Waals surface area (Å²) in [5, 5.41) is 3.44. The molecule has 1 rings (SSSR count). The first-order valence-electron chi connectivity index (χ1n) is 8.03. The van der Waals surface area contributed by atoms with Gasteiger partial charge in [0.25, 0.3) is 0 Å². The molecule has 108 valence electrons. The van der Waals surface area contributed by atoms with Crippen LogP contribution in [0.5, 0.6) is 0 Å². The van der Waals surface area contributed by atoms with Gasteiger partial charge in [0.1, 0.15) is 0 Å². The van der Waals surface area contributed by atoms with Crippen molar-refractivity contribution in [1.29, 1.82) is 0 Å². The van der Waals surface area contributed by atoms with Crippen molar-refractivity contribution in [2.45, 2.75) is 65.3 Å². The van der Waals surface area contributed by atoms with E-state index in [4.69, 9.17) is 0 Å². The second-order valence-electron chi connectivity index (χ2n) is 6.56. The molecule has 1 heterocycles. The minimum absolute atomic E-state index is 0.743. The quantitative estimate of drug-likeness (QED) is 0.667. The second-order valence-corrected chi connectivity index (χ2v) is 6.56. The average molecular weight is 254 g/mol. The topological polar surface area (TPSA) is 15.3 Å². The van der Waals surface area contributed by atoms with E-state index in [1.165, 1.54) is 58.2 Å². The lowest BCUT2D eigenvalue weighted by Crippen LogP contribution is -2.47. The van der Waals surface area contributed by atoms with E-state index in [9.17, 15) is 0 Å². The van der Waals surface area contributed by atoms with Gasteiger partial charge < -0.3 is 10.2 Å². The molecule has 0 aliphatic carbocycles. The molecular formula is C16H34N2. The van der Waals surface area contributed by atoms with Gasteiger partial charge in [-0.05, 0) is 44.8 Å². The summed E-state index contributed by atoms with van der Waals surface area (Å²) >= 11 is 0. The van der Waals surface area contributed by atoms with Gasteiger partial charge in [-0.1, -0.05) is 46.5 Å². The predicted octanol–water partition coefficient (Wildman–Crippen LogP) is 3.52. The molecular weight excluding hydrogens is 220 g/mol. The van der Waals surface area contributed by atoms with Gasteiger partial charge in [-0.15, -0.1) is 0 Å². The lowest BCUT2D eigenvalue weighted by molar-refractivity contribution is 0.149. The first-order valence-corrected chi connectivity index (χ1v) is 8.03. The van der Waals surface area contributed by atoms with E-state index < -0.39 is 0 Å². The molecule has 2 atom stereocenters. The zero-order chi connectivity index (χ0) is 13.4. The van der Waals surface area contributed by atoms with Crippen molar-refractivity contribution >= 4 is 0 Å². The number of unbranched alkanes of at least 4 members (excludes halogenated alkanes) is 3. The third-order valence-electron chi connectivity index (χ3n) is 4.37. The van der Waals surface area contributed by atoms with Crippen LogP contribution in [0, 0.1) is 11.8 Å². The summed E-state index contributed by atoms with van der Waals surface area (Å²) in [6.45, 7) is 10.9. The molecule has 1 fully saturated rings. The van der Waals surface area contributed by atoms with Gasteiger partial charge in [-0.25, -0.2) is 0 Å². The molecule has 0 spiro atoms. The summed E-state index contributed by atoms with van der Waals surface area (Å²) in [4.78, 5) is 2.67. The van der Waals surface area contributed by atoms with Crippen LogP contribution in [0.2, 0.25) is 0 Å². The SMILES string of the molecule is CNC1CCN(CCCCCCC(C)C)CC1C. The molecule has 1 N–H and O–H groups in total. The van der Waals surface area contributed by atoms with E-state index in [1.807, 2.05) is 0 Å². The number of rotatable bonds is 8. The molecule has 2 heteroatoms. The van der Waals surface area contributed by atoms with Crippen molar-refractivity contribution in [3.63, 3.8) is 0 Å². The maximum atomic E-state index is 3.44. The Kier molecular flexibility index (Phi) is 7.92. The Bertz CT molecular complexity index is 203. The van der Waals surface area contributed by atoms with Gasteiger partial charge in [0.05, 0.1) is 0 Å². The van der Waals surface area contributed by atoms with Crippen LogP contribution in [0.25, 0.3) is 0 Å². The molecule has 2 unspecified atom stereocenters. The van der Waals surface area contributed by atoms with Gasteiger partial charge in [0, 0.05) is 12.6 Å². The van der Waals surface area contributed by atoms with Crippen molar-refractivity contribution < 1.29 is 0 Å². The van der Waals surface area contributed by atoms with Crippen molar-refractivity contribution in [3.05, 3.63) is 0 Å². The van der Waals surface area contributed by atoms with Crippen LogP contribution in [0.3, 0.4) is 0 Å². The van der Waals surface area contributed by atoms with Gasteiger partial charge in [0.15, 0.2) is 0 Å². The summed E-state index contributed by atoms with van der Waals surface area (Å²) in [6, 6.07) is 0.743. The largest absolute Gasteiger partial charge is 0.317 e. The minimum atomic E-state index is 0.743. The van der Waals surface area contributed by atoms with Crippen molar-refractivity contribution in [2.24, 2.45) is 11.8 Å². The minimum Gasteiger partial charge on any atom is -0.317 e. The molecule has 0 radical (unpaired) electrons. The average Bonchev–Trinajstić information content (AvgIpc) is 2.33. The van der Waals surface area contributed by atoms with E-state index in [2.05, 4.69) is 38.0 Å². The zero-order valence-corrected chi connectivity index (χ0v) is 13.0. The summed E-state index contributed by atoms with van der Waals surface area (Å²) < 4.78 is 0. The smallest absolute Gasteiger partial charge is 0.0114 e. The Morgan fingerprint density at radius 3 is 2.50 bits per heavy atom. The predicted molar refractivity (Wildman–Crippen MR) is 81.0 cm³/mol. The molecule has 1 aliphatic rings. The highest BCUT2D eigenvalue weighted by Crippen LogP contribution is 2.17. The zero-order valence-electron chi connectivity index (χ0n) is 13.0. The van der Waals surface area contributed by atoms with E-state index in [-0.39, 0.29) is 0 Å². The van der Waals surface area contributed by atoms with Gasteiger partial charge in [-0.2, -0.15) is 0 Å². The van der Waals surface area contributed by atoms with Crippen LogP contribution in [0.1, 0.15) is 59.3 Å². The van der Waals surface area contributed by atoms with Crippen LogP contribution in [-0.2, 0) is 0 Å². The van der Waals surface area contributed by atoms with Gasteiger partial charge >= 0.3 is 0 Å². The van der Waals surface area contributed by atoms with Crippen LogP contribution >= 0.6 is 0 Å². The van der Waals surface area contributed by atoms with Crippen LogP contribution < -0.4 is 5.32 Å². The summed E-state index contributed by atoms with van der Waals surface area (Å²) in [6.07, 6.45) is 8.41. The molecule has 1 aliphatic heterocycles. The molecule has 0 aromatic rings. The van der Waals surface area contributed by atoms with E-state index in [0.717, 1.165) is 17.9 Å². The van der Waals surface area contributed by atoms with E-state index in [1.54, 1.807) is 0 Å². The Morgan fingerprint density at radius 2 is 1.89 bits per heavy atom. The normalized spacial score (nSPS) is 25.8. The monoisotopic (exact) mass is 254 g/mol. The Morgan fingerprint density at radius 1 is 1.17 bits per heavy atom. The van der Waals surface area contributed by atoms with Crippen LogP contribution in [-0.4, -0.2) is 37.6 Å². The molecule has 0 amide bonds. The Balaban J connectivity index is 2.00. The number of hydrogen-bond donors (Lipinski definition) is 1. The van der Waals surface area contributed by atoms with E-state index >= 15 is 0 Å². The Hall–Kier alpha value is -0.0800. The molecule has 0 bridgehead atoms. The summed E-state index contributed by atoms with van der Waals surface area (Å²) in [7, 11) is 2.10. The fourth-order valence-electron chi connectivity index (χ4n) is 3.11. The van der Waals surface area contributed by atoms with E-state index in [0.29, 0.717) is 0 Å². The molecule has 18 heavy (non-hydrogen) atoms. The molecule has 1 saturated heterocycles. The number of hydrogen-bond acceptors (Lipinski definition) is 2. The summed E-state index contributed by atoms with van der Waals surface area (Å²) in [5.41, 5.74) is 0. The number of likely N-dealkylation sites (tertiary alicyclic amines) is 1. The highest BCUT2D eigenvalue weighted by atomic mass is 15.1.